The van der Waals surface area contributed by atoms with Gasteiger partial charge in [-0.1, -0.05) is 12.1 Å². The van der Waals surface area contributed by atoms with Crippen molar-refractivity contribution in [2.45, 2.75) is 6.42 Å². The second-order valence-corrected chi connectivity index (χ2v) is 6.96. The maximum Gasteiger partial charge on any atom is 0.282 e. The molecule has 120 valence electrons. The molecule has 2 aliphatic heterocycles. The Morgan fingerprint density at radius 2 is 2.04 bits per heavy atom. The summed E-state index contributed by atoms with van der Waals surface area (Å²) >= 11 is 1.51. The van der Waals surface area contributed by atoms with Crippen LogP contribution >= 0.6 is 11.3 Å². The minimum Gasteiger partial charge on any atom is -0.334 e. The van der Waals surface area contributed by atoms with Crippen molar-refractivity contribution in [1.29, 1.82) is 0 Å². The third-order valence-electron chi connectivity index (χ3n) is 4.41. The molecule has 2 aromatic rings. The van der Waals surface area contributed by atoms with Crippen molar-refractivity contribution in [3.8, 4) is 0 Å². The molecule has 0 unspecified atom stereocenters. The zero-order chi connectivity index (χ0) is 15.6. The van der Waals surface area contributed by atoms with Crippen LogP contribution in [0.5, 0.6) is 0 Å². The van der Waals surface area contributed by atoms with Gasteiger partial charge in [0.25, 0.3) is 5.91 Å². The van der Waals surface area contributed by atoms with Crippen LogP contribution in [-0.4, -0.2) is 55.1 Å². The first-order chi connectivity index (χ1) is 11.3. The maximum absolute atomic E-state index is 12.6. The molecule has 1 aromatic carbocycles. The lowest BCUT2D eigenvalue weighted by molar-refractivity contribution is 0.0735. The van der Waals surface area contributed by atoms with E-state index < -0.39 is 0 Å². The van der Waals surface area contributed by atoms with Gasteiger partial charge in [-0.25, -0.2) is 4.98 Å². The Morgan fingerprint density at radius 1 is 1.17 bits per heavy atom. The SMILES string of the molecule is O=C(c1nc2ccc(C3=CCNCC3)cc2s1)N1CCNCC1. The van der Waals surface area contributed by atoms with Crippen molar-refractivity contribution in [1.82, 2.24) is 20.5 Å². The molecule has 5 nitrogen and oxygen atoms in total. The molecule has 3 heterocycles. The molecule has 23 heavy (non-hydrogen) atoms. The van der Waals surface area contributed by atoms with Crippen molar-refractivity contribution >= 4 is 33.0 Å². The Bertz CT molecular complexity index is 761. The summed E-state index contributed by atoms with van der Waals surface area (Å²) in [6.07, 6.45) is 3.30. The van der Waals surface area contributed by atoms with E-state index in [4.69, 9.17) is 0 Å². The molecule has 2 N–H and O–H groups in total. The molecule has 2 aliphatic rings. The molecular weight excluding hydrogens is 308 g/mol. The molecule has 0 atom stereocenters. The fourth-order valence-electron chi connectivity index (χ4n) is 3.10. The Labute approximate surface area is 139 Å². The quantitative estimate of drug-likeness (QED) is 0.881. The molecule has 1 aromatic heterocycles. The Balaban J connectivity index is 1.62. The molecule has 0 bridgehead atoms. The Kier molecular flexibility index (Phi) is 4.11. The number of nitrogens with one attached hydrogen (secondary N) is 2. The van der Waals surface area contributed by atoms with E-state index in [1.807, 2.05) is 11.0 Å². The fourth-order valence-corrected chi connectivity index (χ4v) is 4.08. The number of carbonyl (C=O) groups is 1. The van der Waals surface area contributed by atoms with E-state index in [0.29, 0.717) is 5.01 Å². The lowest BCUT2D eigenvalue weighted by Gasteiger charge is -2.26. The van der Waals surface area contributed by atoms with Crippen molar-refractivity contribution in [2.24, 2.45) is 0 Å². The minimum atomic E-state index is 0.0651. The van der Waals surface area contributed by atoms with Gasteiger partial charge in [0.15, 0.2) is 5.01 Å². The van der Waals surface area contributed by atoms with Gasteiger partial charge in [0.05, 0.1) is 10.2 Å². The molecule has 0 aliphatic carbocycles. The highest BCUT2D eigenvalue weighted by molar-refractivity contribution is 7.20. The number of piperazine rings is 1. The van der Waals surface area contributed by atoms with E-state index in [2.05, 4.69) is 33.8 Å². The largest absolute Gasteiger partial charge is 0.334 e. The molecule has 1 fully saturated rings. The van der Waals surface area contributed by atoms with Crippen LogP contribution in [-0.2, 0) is 0 Å². The van der Waals surface area contributed by atoms with E-state index in [9.17, 15) is 4.79 Å². The second-order valence-electron chi connectivity index (χ2n) is 5.93. The number of amides is 1. The Hall–Kier alpha value is -1.76. The third kappa shape index (κ3) is 3.02. The standard InChI is InChI=1S/C17H20N4OS/c22-17(21-9-7-19-8-10-21)16-20-14-2-1-13(11-15(14)23-16)12-3-5-18-6-4-12/h1-3,11,18-19H,4-10H2. The van der Waals surface area contributed by atoms with E-state index in [1.54, 1.807) is 0 Å². The first kappa shape index (κ1) is 14.8. The summed E-state index contributed by atoms with van der Waals surface area (Å²) in [5.41, 5.74) is 3.56. The average Bonchev–Trinajstić information content (AvgIpc) is 3.06. The highest BCUT2D eigenvalue weighted by Crippen LogP contribution is 2.28. The van der Waals surface area contributed by atoms with Crippen LogP contribution in [0.15, 0.2) is 24.3 Å². The summed E-state index contributed by atoms with van der Waals surface area (Å²) in [5.74, 6) is 0.0651. The summed E-state index contributed by atoms with van der Waals surface area (Å²) in [5, 5.41) is 7.21. The zero-order valence-corrected chi connectivity index (χ0v) is 13.8. The summed E-state index contributed by atoms with van der Waals surface area (Å²) < 4.78 is 1.10. The molecule has 0 saturated carbocycles. The predicted octanol–water partition coefficient (Wildman–Crippen LogP) is 1.72. The van der Waals surface area contributed by atoms with Crippen LogP contribution in [0, 0.1) is 0 Å². The molecular formula is C17H20N4OS. The highest BCUT2D eigenvalue weighted by atomic mass is 32.1. The van der Waals surface area contributed by atoms with Gasteiger partial charge in [0, 0.05) is 32.7 Å². The van der Waals surface area contributed by atoms with Crippen molar-refractivity contribution in [3.05, 3.63) is 34.8 Å². The van der Waals surface area contributed by atoms with Crippen molar-refractivity contribution in [3.63, 3.8) is 0 Å². The molecule has 6 heteroatoms. The minimum absolute atomic E-state index is 0.0651. The van der Waals surface area contributed by atoms with Crippen LogP contribution in [0.2, 0.25) is 0 Å². The van der Waals surface area contributed by atoms with Crippen molar-refractivity contribution < 1.29 is 4.79 Å². The number of benzene rings is 1. The van der Waals surface area contributed by atoms with E-state index in [-0.39, 0.29) is 5.91 Å². The second kappa shape index (κ2) is 6.39. The van der Waals surface area contributed by atoms with Crippen LogP contribution in [0.3, 0.4) is 0 Å². The summed E-state index contributed by atoms with van der Waals surface area (Å²) in [6, 6.07) is 6.34. The normalized spacial score (nSPS) is 19.0. The number of carbonyl (C=O) groups excluding carboxylic acids is 1. The Morgan fingerprint density at radius 3 is 2.83 bits per heavy atom. The molecule has 4 rings (SSSR count). The first-order valence-electron chi connectivity index (χ1n) is 8.12. The summed E-state index contributed by atoms with van der Waals surface area (Å²) in [4.78, 5) is 19.0. The maximum atomic E-state index is 12.6. The zero-order valence-electron chi connectivity index (χ0n) is 13.0. The summed E-state index contributed by atoms with van der Waals surface area (Å²) in [6.45, 7) is 5.22. The number of aromatic nitrogens is 1. The smallest absolute Gasteiger partial charge is 0.282 e. The number of hydrogen-bond acceptors (Lipinski definition) is 5. The van der Waals surface area contributed by atoms with Crippen LogP contribution < -0.4 is 10.6 Å². The van der Waals surface area contributed by atoms with Gasteiger partial charge >= 0.3 is 0 Å². The van der Waals surface area contributed by atoms with Gasteiger partial charge in [-0.05, 0) is 36.2 Å². The number of thiazole rings is 1. The predicted molar refractivity (Wildman–Crippen MR) is 93.9 cm³/mol. The highest BCUT2D eigenvalue weighted by Gasteiger charge is 2.21. The number of rotatable bonds is 2. The lowest BCUT2D eigenvalue weighted by Crippen LogP contribution is -2.46. The van der Waals surface area contributed by atoms with Gasteiger partial charge in [-0.2, -0.15) is 0 Å². The molecule has 1 saturated heterocycles. The molecule has 0 spiro atoms. The van der Waals surface area contributed by atoms with Crippen LogP contribution in [0.25, 0.3) is 15.8 Å². The van der Waals surface area contributed by atoms with Gasteiger partial charge in [-0.15, -0.1) is 11.3 Å². The number of nitrogens with zero attached hydrogens (tertiary/aromatic N) is 2. The van der Waals surface area contributed by atoms with E-state index >= 15 is 0 Å². The topological polar surface area (TPSA) is 57.3 Å². The monoisotopic (exact) mass is 328 g/mol. The van der Waals surface area contributed by atoms with Gasteiger partial charge in [0.2, 0.25) is 0 Å². The van der Waals surface area contributed by atoms with Crippen LogP contribution in [0.1, 0.15) is 21.8 Å². The number of hydrogen-bond donors (Lipinski definition) is 2. The van der Waals surface area contributed by atoms with Gasteiger partial charge in [-0.3, -0.25) is 4.79 Å². The van der Waals surface area contributed by atoms with Gasteiger partial charge < -0.3 is 15.5 Å². The number of fused-ring (bicyclic) bond motifs is 1. The first-order valence-corrected chi connectivity index (χ1v) is 8.93. The molecule has 0 radical (unpaired) electrons. The van der Waals surface area contributed by atoms with E-state index in [1.165, 1.54) is 22.5 Å². The fraction of sp³-hybridized carbons (Fsp3) is 0.412. The third-order valence-corrected chi connectivity index (χ3v) is 5.42. The van der Waals surface area contributed by atoms with Crippen LogP contribution in [0.4, 0.5) is 0 Å². The van der Waals surface area contributed by atoms with Gasteiger partial charge in [0.1, 0.15) is 0 Å². The average molecular weight is 328 g/mol. The van der Waals surface area contributed by atoms with Crippen molar-refractivity contribution in [2.75, 3.05) is 39.3 Å². The van der Waals surface area contributed by atoms with E-state index in [0.717, 1.165) is 55.9 Å². The summed E-state index contributed by atoms with van der Waals surface area (Å²) in [7, 11) is 0. The lowest BCUT2D eigenvalue weighted by atomic mass is 10.0. The molecule has 1 amide bonds.